The smallest absolute Gasteiger partial charge is 0.199 e. The first kappa shape index (κ1) is 7.73. The maximum absolute atomic E-state index is 3.72. The van der Waals surface area contributed by atoms with E-state index in [-0.39, 0.29) is 19.8 Å². The first-order chi connectivity index (χ1) is 3.39. The van der Waals surface area contributed by atoms with Crippen LogP contribution in [0.1, 0.15) is 5.56 Å². The molecule has 1 radical (unpaired) electrons. The molecule has 0 aliphatic carbocycles. The molecule has 0 amide bonds. The second-order valence-corrected chi connectivity index (χ2v) is 1.49. The van der Waals surface area contributed by atoms with E-state index >= 15 is 0 Å². The Labute approximate surface area is 63.0 Å². The average Bonchev–Trinajstić information content (AvgIpc) is 1.69. The van der Waals surface area contributed by atoms with Crippen molar-refractivity contribution in [2.24, 2.45) is 0 Å². The van der Waals surface area contributed by atoms with Crippen LogP contribution in [0.25, 0.3) is 0 Å². The van der Waals surface area contributed by atoms with Crippen LogP contribution in [0.3, 0.4) is 0 Å². The summed E-state index contributed by atoms with van der Waals surface area (Å²) < 4.78 is 0. The number of benzene rings is 1. The first-order valence-electron chi connectivity index (χ1n) is 2.26. The van der Waals surface area contributed by atoms with Crippen molar-refractivity contribution < 1.29 is 19.8 Å². The Hall–Kier alpha value is -0.274. The SMILES string of the molecule is [CH2-]c1ccccc1.[Os+]. The molecule has 0 nitrogen and oxygen atoms in total. The van der Waals surface area contributed by atoms with Crippen molar-refractivity contribution >= 4 is 0 Å². The summed E-state index contributed by atoms with van der Waals surface area (Å²) in [4.78, 5) is 0. The molecule has 0 heterocycles. The van der Waals surface area contributed by atoms with Crippen molar-refractivity contribution in [1.82, 2.24) is 0 Å². The van der Waals surface area contributed by atoms with Gasteiger partial charge in [-0.3, -0.25) is 0 Å². The fourth-order valence-corrected chi connectivity index (χ4v) is 0.478. The van der Waals surface area contributed by atoms with Crippen LogP contribution in [0.5, 0.6) is 0 Å². The fourth-order valence-electron chi connectivity index (χ4n) is 0.478. The first-order valence-corrected chi connectivity index (χ1v) is 2.26. The van der Waals surface area contributed by atoms with Crippen LogP contribution >= 0.6 is 0 Å². The summed E-state index contributed by atoms with van der Waals surface area (Å²) in [6, 6.07) is 9.87. The molecular formula is C7H7Os. The number of hydrogen-bond acceptors (Lipinski definition) is 0. The van der Waals surface area contributed by atoms with Crippen molar-refractivity contribution in [3.63, 3.8) is 0 Å². The predicted octanol–water partition coefficient (Wildman–Crippen LogP) is 1.87. The van der Waals surface area contributed by atoms with E-state index in [1.165, 1.54) is 0 Å². The summed E-state index contributed by atoms with van der Waals surface area (Å²) >= 11 is 0. The van der Waals surface area contributed by atoms with Crippen molar-refractivity contribution in [3.8, 4) is 0 Å². The van der Waals surface area contributed by atoms with E-state index < -0.39 is 0 Å². The van der Waals surface area contributed by atoms with Gasteiger partial charge in [0.2, 0.25) is 0 Å². The average molecular weight is 281 g/mol. The minimum Gasteiger partial charge on any atom is -0.199 e. The Kier molecular flexibility index (Phi) is 3.57. The summed E-state index contributed by atoms with van der Waals surface area (Å²) in [6.45, 7) is 3.72. The zero-order valence-corrected chi connectivity index (χ0v) is 6.99. The van der Waals surface area contributed by atoms with Crippen molar-refractivity contribution in [3.05, 3.63) is 42.8 Å². The Balaban J connectivity index is 0.000000490. The van der Waals surface area contributed by atoms with E-state index in [4.69, 9.17) is 0 Å². The van der Waals surface area contributed by atoms with E-state index in [0.29, 0.717) is 0 Å². The van der Waals surface area contributed by atoms with E-state index in [9.17, 15) is 0 Å². The molecule has 0 saturated heterocycles. The maximum Gasteiger partial charge on any atom is 1.00 e. The van der Waals surface area contributed by atoms with Gasteiger partial charge in [0.15, 0.2) is 0 Å². The molecule has 43 valence electrons. The molecule has 0 aliphatic heterocycles. The van der Waals surface area contributed by atoms with Gasteiger partial charge in [0, 0.05) is 0 Å². The van der Waals surface area contributed by atoms with Gasteiger partial charge in [0.05, 0.1) is 0 Å². The van der Waals surface area contributed by atoms with E-state index in [0.717, 1.165) is 5.56 Å². The van der Waals surface area contributed by atoms with Crippen LogP contribution in [0, 0.1) is 6.92 Å². The molecule has 0 fully saturated rings. The zero-order chi connectivity index (χ0) is 5.11. The minimum atomic E-state index is 0. The van der Waals surface area contributed by atoms with Crippen molar-refractivity contribution in [2.45, 2.75) is 0 Å². The molecule has 0 aromatic heterocycles. The van der Waals surface area contributed by atoms with Crippen LogP contribution in [0.2, 0.25) is 0 Å². The molecule has 1 aromatic rings. The molecule has 0 N–H and O–H groups in total. The maximum atomic E-state index is 3.72. The fraction of sp³-hybridized carbons (Fsp3) is 0. The minimum absolute atomic E-state index is 0. The van der Waals surface area contributed by atoms with Gasteiger partial charge in [0.1, 0.15) is 0 Å². The largest absolute Gasteiger partial charge is 1.00 e. The second-order valence-electron chi connectivity index (χ2n) is 1.49. The Morgan fingerprint density at radius 1 is 1.00 bits per heavy atom. The molecule has 0 bridgehead atoms. The van der Waals surface area contributed by atoms with Crippen LogP contribution in [-0.4, -0.2) is 0 Å². The van der Waals surface area contributed by atoms with Crippen molar-refractivity contribution in [2.75, 3.05) is 0 Å². The Morgan fingerprint density at radius 2 is 1.50 bits per heavy atom. The molecule has 1 rings (SSSR count). The third-order valence-corrected chi connectivity index (χ3v) is 0.843. The molecule has 1 heteroatoms. The molecule has 0 atom stereocenters. The molecule has 0 aliphatic rings. The van der Waals surface area contributed by atoms with Gasteiger partial charge in [-0.2, -0.15) is 24.6 Å². The molecule has 1 aromatic carbocycles. The monoisotopic (exact) mass is 283 g/mol. The van der Waals surface area contributed by atoms with Gasteiger partial charge in [-0.25, -0.2) is 0 Å². The summed E-state index contributed by atoms with van der Waals surface area (Å²) in [5.41, 5.74) is 1.07. The second kappa shape index (κ2) is 3.69. The quantitative estimate of drug-likeness (QED) is 0.637. The van der Waals surface area contributed by atoms with Crippen LogP contribution in [0.15, 0.2) is 30.3 Å². The van der Waals surface area contributed by atoms with E-state index in [1.807, 2.05) is 30.3 Å². The van der Waals surface area contributed by atoms with Gasteiger partial charge in [-0.1, -0.05) is 6.07 Å². The van der Waals surface area contributed by atoms with E-state index in [2.05, 4.69) is 6.92 Å². The topological polar surface area (TPSA) is 0 Å². The van der Waals surface area contributed by atoms with Gasteiger partial charge in [-0.05, 0) is 0 Å². The van der Waals surface area contributed by atoms with Gasteiger partial charge >= 0.3 is 19.8 Å². The molecule has 0 spiro atoms. The summed E-state index contributed by atoms with van der Waals surface area (Å²) in [5.74, 6) is 0. The summed E-state index contributed by atoms with van der Waals surface area (Å²) in [6.07, 6.45) is 0. The molecule has 0 unspecified atom stereocenters. The Morgan fingerprint density at radius 3 is 1.75 bits per heavy atom. The standard InChI is InChI=1S/C7H7.Os/c1-7-5-3-2-4-6-7;/h2-6H,1H2;/q-1;+1. The van der Waals surface area contributed by atoms with Crippen LogP contribution in [-0.2, 0) is 19.8 Å². The van der Waals surface area contributed by atoms with Gasteiger partial charge in [0.25, 0.3) is 0 Å². The van der Waals surface area contributed by atoms with Crippen LogP contribution in [0.4, 0.5) is 0 Å². The van der Waals surface area contributed by atoms with E-state index in [1.54, 1.807) is 0 Å². The third kappa shape index (κ3) is 2.14. The zero-order valence-electron chi connectivity index (χ0n) is 4.45. The molecule has 0 saturated carbocycles. The van der Waals surface area contributed by atoms with Crippen LogP contribution < -0.4 is 0 Å². The number of hydrogen-bond donors (Lipinski definition) is 0. The normalized spacial score (nSPS) is 7.50. The predicted molar refractivity (Wildman–Crippen MR) is 30.9 cm³/mol. The third-order valence-electron chi connectivity index (χ3n) is 0.843. The Bertz CT molecular complexity index is 134. The van der Waals surface area contributed by atoms with Gasteiger partial charge in [-0.15, -0.1) is 12.1 Å². The van der Waals surface area contributed by atoms with Crippen molar-refractivity contribution in [1.29, 1.82) is 0 Å². The molecular weight excluding hydrogens is 274 g/mol. The summed E-state index contributed by atoms with van der Waals surface area (Å²) in [5, 5.41) is 0. The number of rotatable bonds is 0. The molecule has 8 heavy (non-hydrogen) atoms. The van der Waals surface area contributed by atoms with Gasteiger partial charge < -0.3 is 0 Å². The summed E-state index contributed by atoms with van der Waals surface area (Å²) in [7, 11) is 0.